The Hall–Kier alpha value is -7.62. The van der Waals surface area contributed by atoms with Gasteiger partial charge >= 0.3 is 0 Å². The molecule has 0 saturated heterocycles. The fourth-order valence-electron chi connectivity index (χ4n) is 8.85. The fourth-order valence-corrected chi connectivity index (χ4v) is 8.85. The summed E-state index contributed by atoms with van der Waals surface area (Å²) in [6.45, 7) is 6.15. The van der Waals surface area contributed by atoms with Gasteiger partial charge in [-0.05, 0) is 119 Å². The van der Waals surface area contributed by atoms with Gasteiger partial charge in [-0.3, -0.25) is 0 Å². The van der Waals surface area contributed by atoms with Crippen molar-refractivity contribution in [1.82, 2.24) is 9.13 Å². The highest BCUT2D eigenvalue weighted by molar-refractivity contribution is 6.12. The Balaban J connectivity index is 0.973. The van der Waals surface area contributed by atoms with Crippen LogP contribution in [-0.4, -0.2) is 9.13 Å². The van der Waals surface area contributed by atoms with Crippen molar-refractivity contribution in [3.63, 3.8) is 0 Å². The van der Waals surface area contributed by atoms with Gasteiger partial charge in [0, 0.05) is 43.9 Å². The number of furan rings is 1. The first kappa shape index (κ1) is 33.7. The van der Waals surface area contributed by atoms with Crippen molar-refractivity contribution in [2.24, 2.45) is 0 Å². The summed E-state index contributed by atoms with van der Waals surface area (Å²) in [5.74, 6) is 0.790. The number of aromatic nitrogens is 2. The van der Waals surface area contributed by atoms with Crippen LogP contribution in [0.5, 0.6) is 0 Å². The Kier molecular flexibility index (Phi) is 7.87. The molecule has 0 fully saturated rings. The molecule has 0 amide bonds. The molecule has 0 radical (unpaired) electrons. The SMILES string of the molecule is C=Cc1oc2ccccc2c1/C=C(\C)c1ccc(-n2c3ccccc3c3cc(-c4ccc5c(c4)c4ccccc4n5-c4ccc(-c5ccccc5)cc4)ccc32)cc1. The Morgan fingerprint density at radius 3 is 1.50 bits per heavy atom. The molecule has 11 aromatic rings. The van der Waals surface area contributed by atoms with E-state index in [-0.39, 0.29) is 0 Å². The minimum Gasteiger partial charge on any atom is -0.456 e. The van der Waals surface area contributed by atoms with Crippen LogP contribution in [-0.2, 0) is 0 Å². The average Bonchev–Trinajstić information content (AvgIpc) is 3.93. The highest BCUT2D eigenvalue weighted by Gasteiger charge is 2.17. The van der Waals surface area contributed by atoms with Crippen LogP contribution in [0.25, 0.3) is 106 Å². The summed E-state index contributed by atoms with van der Waals surface area (Å²) < 4.78 is 10.8. The lowest BCUT2D eigenvalue weighted by molar-refractivity contribution is 0.603. The van der Waals surface area contributed by atoms with Crippen LogP contribution in [0, 0.1) is 0 Å². The van der Waals surface area contributed by atoms with E-state index < -0.39 is 0 Å². The summed E-state index contributed by atoms with van der Waals surface area (Å²) >= 11 is 0. The quantitative estimate of drug-likeness (QED) is 0.159. The van der Waals surface area contributed by atoms with E-state index in [9.17, 15) is 0 Å². The molecular weight excluding hydrogens is 705 g/mol. The zero-order chi connectivity index (χ0) is 38.7. The molecule has 3 aromatic heterocycles. The first-order chi connectivity index (χ1) is 28.6. The number of hydrogen-bond donors (Lipinski definition) is 0. The van der Waals surface area contributed by atoms with Gasteiger partial charge < -0.3 is 13.6 Å². The van der Waals surface area contributed by atoms with Crippen LogP contribution in [0.4, 0.5) is 0 Å². The summed E-state index contributed by atoms with van der Waals surface area (Å²) in [5.41, 5.74) is 16.1. The van der Waals surface area contributed by atoms with Crippen LogP contribution in [0.1, 0.15) is 23.8 Å². The summed E-state index contributed by atoms with van der Waals surface area (Å²) in [5, 5.41) is 6.05. The van der Waals surface area contributed by atoms with Crippen molar-refractivity contribution < 1.29 is 4.42 Å². The minimum atomic E-state index is 0.790. The Labute approximate surface area is 336 Å². The molecule has 0 unspecified atom stereocenters. The van der Waals surface area contributed by atoms with Gasteiger partial charge in [-0.1, -0.05) is 128 Å². The number of fused-ring (bicyclic) bond motifs is 7. The lowest BCUT2D eigenvalue weighted by Gasteiger charge is -2.11. The lowest BCUT2D eigenvalue weighted by Crippen LogP contribution is -1.94. The molecule has 0 saturated carbocycles. The van der Waals surface area contributed by atoms with Crippen molar-refractivity contribution in [2.45, 2.75) is 6.92 Å². The maximum absolute atomic E-state index is 6.07. The second kappa shape index (κ2) is 13.5. The third-order valence-corrected chi connectivity index (χ3v) is 11.7. The van der Waals surface area contributed by atoms with Crippen LogP contribution in [0.15, 0.2) is 199 Å². The number of hydrogen-bond acceptors (Lipinski definition) is 1. The lowest BCUT2D eigenvalue weighted by atomic mass is 10.0. The van der Waals surface area contributed by atoms with Gasteiger partial charge in [-0.15, -0.1) is 0 Å². The maximum Gasteiger partial charge on any atom is 0.135 e. The zero-order valence-electron chi connectivity index (χ0n) is 32.1. The fraction of sp³-hybridized carbons (Fsp3) is 0.0182. The smallest absolute Gasteiger partial charge is 0.135 e. The molecule has 0 aliphatic heterocycles. The van der Waals surface area contributed by atoms with E-state index in [1.54, 1.807) is 6.08 Å². The van der Waals surface area contributed by atoms with E-state index in [1.165, 1.54) is 65.9 Å². The first-order valence-electron chi connectivity index (χ1n) is 19.8. The third kappa shape index (κ3) is 5.43. The molecule has 0 atom stereocenters. The normalized spacial score (nSPS) is 12.1. The van der Waals surface area contributed by atoms with Crippen molar-refractivity contribution in [3.05, 3.63) is 212 Å². The van der Waals surface area contributed by atoms with Gasteiger partial charge in [-0.2, -0.15) is 0 Å². The Bertz CT molecular complexity index is 3390. The zero-order valence-corrected chi connectivity index (χ0v) is 32.1. The predicted octanol–water partition coefficient (Wildman–Crippen LogP) is 15.2. The molecule has 0 aliphatic carbocycles. The van der Waals surface area contributed by atoms with Crippen molar-refractivity contribution in [1.29, 1.82) is 0 Å². The number of nitrogens with zero attached hydrogens (tertiary/aromatic N) is 2. The van der Waals surface area contributed by atoms with Crippen LogP contribution in [0.2, 0.25) is 0 Å². The van der Waals surface area contributed by atoms with Gasteiger partial charge in [0.2, 0.25) is 0 Å². The number of rotatable bonds is 7. The molecule has 274 valence electrons. The standard InChI is InChI=1S/C55H38N2O/c1-3-54-49(46-17-9-12-20-55(46)58-54)33-36(2)37-21-27-42(28-22-37)56-50-18-10-7-15-44(50)47-34-40(25-31-52(47)56)41-26-32-53-48(35-41)45-16-8-11-19-51(45)57(53)43-29-23-39(24-30-43)38-13-5-4-6-14-38/h3-35H,1H2,2H3/b36-33+. The average molecular weight is 743 g/mol. The molecule has 0 spiro atoms. The van der Waals surface area contributed by atoms with Gasteiger partial charge in [0.25, 0.3) is 0 Å². The minimum absolute atomic E-state index is 0.790. The van der Waals surface area contributed by atoms with Gasteiger partial charge in [-0.25, -0.2) is 0 Å². The largest absolute Gasteiger partial charge is 0.456 e. The van der Waals surface area contributed by atoms with Crippen molar-refractivity contribution in [3.8, 4) is 33.6 Å². The van der Waals surface area contributed by atoms with E-state index in [2.05, 4.69) is 199 Å². The summed E-state index contributed by atoms with van der Waals surface area (Å²) in [4.78, 5) is 0. The summed E-state index contributed by atoms with van der Waals surface area (Å²) in [7, 11) is 0. The molecular formula is C55H38N2O. The summed E-state index contributed by atoms with van der Waals surface area (Å²) in [6.07, 6.45) is 4.00. The monoisotopic (exact) mass is 742 g/mol. The third-order valence-electron chi connectivity index (χ3n) is 11.7. The van der Waals surface area contributed by atoms with Gasteiger partial charge in [0.15, 0.2) is 0 Å². The highest BCUT2D eigenvalue weighted by Crippen LogP contribution is 2.39. The van der Waals surface area contributed by atoms with Gasteiger partial charge in [0.05, 0.1) is 22.1 Å². The highest BCUT2D eigenvalue weighted by atomic mass is 16.3. The second-order valence-electron chi connectivity index (χ2n) is 15.0. The number of para-hydroxylation sites is 3. The molecule has 0 bridgehead atoms. The molecule has 58 heavy (non-hydrogen) atoms. The van der Waals surface area contributed by atoms with Crippen LogP contribution < -0.4 is 0 Å². The number of allylic oxidation sites excluding steroid dienone is 1. The molecule has 0 N–H and O–H groups in total. The molecule has 11 rings (SSSR count). The van der Waals surface area contributed by atoms with E-state index in [0.717, 1.165) is 44.8 Å². The van der Waals surface area contributed by atoms with E-state index in [4.69, 9.17) is 4.42 Å². The van der Waals surface area contributed by atoms with E-state index >= 15 is 0 Å². The molecule has 3 heterocycles. The Morgan fingerprint density at radius 1 is 0.448 bits per heavy atom. The predicted molar refractivity (Wildman–Crippen MR) is 246 cm³/mol. The van der Waals surface area contributed by atoms with E-state index in [1.807, 2.05) is 18.2 Å². The van der Waals surface area contributed by atoms with Crippen molar-refractivity contribution >= 4 is 72.3 Å². The second-order valence-corrected chi connectivity index (χ2v) is 15.0. The van der Waals surface area contributed by atoms with Crippen molar-refractivity contribution in [2.75, 3.05) is 0 Å². The Morgan fingerprint density at radius 2 is 0.914 bits per heavy atom. The van der Waals surface area contributed by atoms with Crippen LogP contribution >= 0.6 is 0 Å². The number of benzene rings is 8. The molecule has 3 heteroatoms. The van der Waals surface area contributed by atoms with Gasteiger partial charge in [0.1, 0.15) is 11.3 Å². The van der Waals surface area contributed by atoms with E-state index in [0.29, 0.717) is 0 Å². The first-order valence-corrected chi connectivity index (χ1v) is 19.8. The molecule has 8 aromatic carbocycles. The summed E-state index contributed by atoms with van der Waals surface area (Å²) in [6, 6.07) is 67.9. The molecule has 3 nitrogen and oxygen atoms in total. The molecule has 0 aliphatic rings. The topological polar surface area (TPSA) is 23.0 Å². The van der Waals surface area contributed by atoms with Crippen LogP contribution in [0.3, 0.4) is 0 Å². The maximum atomic E-state index is 6.07.